The largest absolute Gasteiger partial charge is 0.439 e. The van der Waals surface area contributed by atoms with Gasteiger partial charge in [-0.05, 0) is 31.6 Å². The Morgan fingerprint density at radius 3 is 2.65 bits per heavy atom. The third-order valence-electron chi connectivity index (χ3n) is 4.70. The second-order valence-electron chi connectivity index (χ2n) is 5.88. The van der Waals surface area contributed by atoms with Crippen LogP contribution in [-0.2, 0) is 14.3 Å². The molecule has 0 bridgehead atoms. The normalized spacial score (nSPS) is 30.2. The first-order chi connectivity index (χ1) is 9.66. The van der Waals surface area contributed by atoms with Gasteiger partial charge >= 0.3 is 6.09 Å². The third-order valence-corrected chi connectivity index (χ3v) is 4.70. The molecule has 3 rings (SSSR count). The van der Waals surface area contributed by atoms with E-state index in [9.17, 15) is 14.4 Å². The molecule has 6 heteroatoms. The van der Waals surface area contributed by atoms with E-state index in [1.165, 1.54) is 19.3 Å². The first-order valence-electron chi connectivity index (χ1n) is 7.43. The van der Waals surface area contributed by atoms with Crippen molar-refractivity contribution in [1.29, 1.82) is 0 Å². The summed E-state index contributed by atoms with van der Waals surface area (Å²) >= 11 is 0. The Labute approximate surface area is 118 Å². The van der Waals surface area contributed by atoms with Gasteiger partial charge in [-0.3, -0.25) is 9.59 Å². The fraction of sp³-hybridized carbons (Fsp3) is 0.786. The first-order valence-corrected chi connectivity index (χ1v) is 7.43. The summed E-state index contributed by atoms with van der Waals surface area (Å²) < 4.78 is 4.64. The molecule has 3 amide bonds. The van der Waals surface area contributed by atoms with E-state index < -0.39 is 12.0 Å². The molecule has 2 atom stereocenters. The molecule has 3 aliphatic rings. The van der Waals surface area contributed by atoms with Gasteiger partial charge in [0.1, 0.15) is 6.54 Å². The molecule has 0 aromatic heterocycles. The molecule has 0 aromatic carbocycles. The molecule has 0 radical (unpaired) electrons. The second-order valence-corrected chi connectivity index (χ2v) is 5.88. The van der Waals surface area contributed by atoms with Gasteiger partial charge in [-0.1, -0.05) is 12.8 Å². The molecule has 0 N–H and O–H groups in total. The van der Waals surface area contributed by atoms with E-state index in [0.717, 1.165) is 30.7 Å². The fourth-order valence-electron chi connectivity index (χ4n) is 3.69. The van der Waals surface area contributed by atoms with Crippen molar-refractivity contribution in [2.45, 2.75) is 44.6 Å². The number of imide groups is 1. The van der Waals surface area contributed by atoms with E-state index in [-0.39, 0.29) is 19.1 Å². The summed E-state index contributed by atoms with van der Waals surface area (Å²) in [5.74, 6) is 0.0667. The van der Waals surface area contributed by atoms with E-state index in [4.69, 9.17) is 0 Å². The predicted molar refractivity (Wildman–Crippen MR) is 69.8 cm³/mol. The highest BCUT2D eigenvalue weighted by Gasteiger charge is 2.39. The second kappa shape index (κ2) is 5.42. The lowest BCUT2D eigenvalue weighted by Crippen LogP contribution is -2.53. The average Bonchev–Trinajstić information content (AvgIpc) is 2.78. The predicted octanol–water partition coefficient (Wildman–Crippen LogP) is 1.15. The number of carbonyl (C=O) groups is 3. The monoisotopic (exact) mass is 280 g/mol. The van der Waals surface area contributed by atoms with Crippen molar-refractivity contribution >= 4 is 17.9 Å². The molecule has 20 heavy (non-hydrogen) atoms. The number of amides is 3. The summed E-state index contributed by atoms with van der Waals surface area (Å²) in [5.41, 5.74) is 0. The number of carbonyl (C=O) groups excluding carboxylic acids is 3. The summed E-state index contributed by atoms with van der Waals surface area (Å²) in [6.07, 6.45) is 6.18. The van der Waals surface area contributed by atoms with Crippen LogP contribution in [0.1, 0.15) is 38.5 Å². The van der Waals surface area contributed by atoms with E-state index in [2.05, 4.69) is 4.74 Å². The number of likely N-dealkylation sites (tertiary alicyclic amines) is 1. The lowest BCUT2D eigenvalue weighted by molar-refractivity contribution is -0.141. The van der Waals surface area contributed by atoms with Crippen molar-refractivity contribution in [3.8, 4) is 0 Å². The van der Waals surface area contributed by atoms with E-state index in [1.54, 1.807) is 0 Å². The molecular formula is C14H20N2O4. The molecule has 1 saturated carbocycles. The number of nitrogens with zero attached hydrogens (tertiary/aromatic N) is 2. The molecule has 110 valence electrons. The maximum atomic E-state index is 12.4. The molecule has 2 unspecified atom stereocenters. The maximum Gasteiger partial charge on any atom is 0.417 e. The SMILES string of the molecule is O=C1COC(=O)N1CC(=O)N1CCCC2CCCCC21. The molecule has 0 spiro atoms. The molecule has 2 aliphatic heterocycles. The molecule has 6 nitrogen and oxygen atoms in total. The van der Waals surface area contributed by atoms with E-state index in [1.807, 2.05) is 4.90 Å². The van der Waals surface area contributed by atoms with Crippen molar-refractivity contribution < 1.29 is 19.1 Å². The van der Waals surface area contributed by atoms with Gasteiger partial charge in [-0.2, -0.15) is 0 Å². The summed E-state index contributed by atoms with van der Waals surface area (Å²) in [6, 6.07) is 0.304. The Hall–Kier alpha value is -1.59. The van der Waals surface area contributed by atoms with Gasteiger partial charge in [-0.15, -0.1) is 0 Å². The van der Waals surface area contributed by atoms with Gasteiger partial charge in [0.2, 0.25) is 5.91 Å². The number of rotatable bonds is 2. The van der Waals surface area contributed by atoms with E-state index in [0.29, 0.717) is 12.0 Å². The smallest absolute Gasteiger partial charge is 0.417 e. The van der Waals surface area contributed by atoms with Crippen LogP contribution in [0.4, 0.5) is 4.79 Å². The van der Waals surface area contributed by atoms with Crippen molar-refractivity contribution in [2.24, 2.45) is 5.92 Å². The van der Waals surface area contributed by atoms with Gasteiger partial charge in [-0.25, -0.2) is 9.69 Å². The number of hydrogen-bond donors (Lipinski definition) is 0. The highest BCUT2D eigenvalue weighted by Crippen LogP contribution is 2.35. The minimum absolute atomic E-state index is 0.117. The first kappa shape index (κ1) is 13.4. The van der Waals surface area contributed by atoms with Crippen molar-refractivity contribution in [3.05, 3.63) is 0 Å². The Bertz CT molecular complexity index is 419. The average molecular weight is 280 g/mol. The lowest BCUT2D eigenvalue weighted by atomic mass is 9.78. The van der Waals surface area contributed by atoms with Gasteiger partial charge < -0.3 is 9.64 Å². The topological polar surface area (TPSA) is 66.9 Å². The Kier molecular flexibility index (Phi) is 3.63. The van der Waals surface area contributed by atoms with Crippen molar-refractivity contribution in [2.75, 3.05) is 19.7 Å². The molecule has 1 aliphatic carbocycles. The number of hydrogen-bond acceptors (Lipinski definition) is 4. The summed E-state index contributed by atoms with van der Waals surface area (Å²) in [7, 11) is 0. The number of cyclic esters (lactones) is 1. The van der Waals surface area contributed by atoms with Gasteiger partial charge in [0, 0.05) is 12.6 Å². The quantitative estimate of drug-likeness (QED) is 0.761. The van der Waals surface area contributed by atoms with Crippen molar-refractivity contribution in [3.63, 3.8) is 0 Å². The lowest BCUT2D eigenvalue weighted by Gasteiger charge is -2.44. The van der Waals surface area contributed by atoms with Crippen LogP contribution in [0, 0.1) is 5.92 Å². The van der Waals surface area contributed by atoms with E-state index >= 15 is 0 Å². The Morgan fingerprint density at radius 2 is 1.90 bits per heavy atom. The fourth-order valence-corrected chi connectivity index (χ4v) is 3.69. The minimum atomic E-state index is -0.694. The summed E-state index contributed by atoms with van der Waals surface area (Å²) in [5, 5.41) is 0. The van der Waals surface area contributed by atoms with Crippen LogP contribution in [0.2, 0.25) is 0 Å². The van der Waals surface area contributed by atoms with Gasteiger partial charge in [0.05, 0.1) is 0 Å². The van der Waals surface area contributed by atoms with Crippen LogP contribution in [0.5, 0.6) is 0 Å². The summed E-state index contributed by atoms with van der Waals surface area (Å²) in [4.78, 5) is 38.1. The molecule has 2 heterocycles. The van der Waals surface area contributed by atoms with Crippen LogP contribution < -0.4 is 0 Å². The molecule has 0 aromatic rings. The molecule has 2 saturated heterocycles. The zero-order valence-corrected chi connectivity index (χ0v) is 11.5. The third kappa shape index (κ3) is 2.39. The maximum absolute atomic E-state index is 12.4. The van der Waals surface area contributed by atoms with Crippen LogP contribution >= 0.6 is 0 Å². The molecular weight excluding hydrogens is 260 g/mol. The van der Waals surface area contributed by atoms with Gasteiger partial charge in [0.15, 0.2) is 6.61 Å². The van der Waals surface area contributed by atoms with Gasteiger partial charge in [0.25, 0.3) is 5.91 Å². The molecule has 3 fully saturated rings. The number of ether oxygens (including phenoxy) is 1. The minimum Gasteiger partial charge on any atom is -0.439 e. The van der Waals surface area contributed by atoms with Crippen LogP contribution in [-0.4, -0.2) is 53.4 Å². The zero-order valence-electron chi connectivity index (χ0n) is 11.5. The van der Waals surface area contributed by atoms with Crippen molar-refractivity contribution in [1.82, 2.24) is 9.80 Å². The Morgan fingerprint density at radius 1 is 1.15 bits per heavy atom. The van der Waals surface area contributed by atoms with Crippen LogP contribution in [0.25, 0.3) is 0 Å². The number of piperidine rings is 1. The van der Waals surface area contributed by atoms with Crippen LogP contribution in [0.15, 0.2) is 0 Å². The number of fused-ring (bicyclic) bond motifs is 1. The zero-order chi connectivity index (χ0) is 14.1. The highest BCUT2D eigenvalue weighted by atomic mass is 16.6. The highest BCUT2D eigenvalue weighted by molar-refractivity contribution is 6.01. The van der Waals surface area contributed by atoms with Crippen LogP contribution in [0.3, 0.4) is 0 Å². The Balaban J connectivity index is 1.66. The summed E-state index contributed by atoms with van der Waals surface area (Å²) in [6.45, 7) is 0.343. The standard InChI is InChI=1S/C14H20N2O4/c17-12(8-16-13(18)9-20-14(16)19)15-7-3-5-10-4-1-2-6-11(10)15/h10-11H,1-9H2.